The Morgan fingerprint density at radius 2 is 2.13 bits per heavy atom. The van der Waals surface area contributed by atoms with Crippen molar-refractivity contribution in [2.24, 2.45) is 5.73 Å². The van der Waals surface area contributed by atoms with Crippen LogP contribution in [0.2, 0.25) is 0 Å². The number of rotatable bonds is 5. The van der Waals surface area contributed by atoms with Crippen LogP contribution >= 0.6 is 0 Å². The minimum atomic E-state index is -3.96. The van der Waals surface area contributed by atoms with Gasteiger partial charge in [0.1, 0.15) is 0 Å². The molecule has 0 aromatic rings. The second kappa shape index (κ2) is 5.51. The van der Waals surface area contributed by atoms with E-state index in [1.54, 1.807) is 4.72 Å². The Morgan fingerprint density at radius 3 is 2.53 bits per heavy atom. The quantitative estimate of drug-likeness (QED) is 0.356. The molecule has 15 heavy (non-hydrogen) atoms. The molecule has 9 heteroatoms. The second-order valence-corrected chi connectivity index (χ2v) is 4.29. The van der Waals surface area contributed by atoms with Crippen molar-refractivity contribution in [1.82, 2.24) is 9.44 Å². The third-order valence-corrected chi connectivity index (χ3v) is 2.43. The van der Waals surface area contributed by atoms with E-state index < -0.39 is 22.3 Å². The van der Waals surface area contributed by atoms with Gasteiger partial charge in [-0.3, -0.25) is 5.41 Å². The number of amidine groups is 1. The van der Waals surface area contributed by atoms with Crippen LogP contribution in [0.1, 0.15) is 13.3 Å². The van der Waals surface area contributed by atoms with Crippen molar-refractivity contribution < 1.29 is 17.9 Å². The first-order valence-electron chi connectivity index (χ1n) is 3.97. The topological polar surface area (TPSA) is 134 Å². The minimum absolute atomic E-state index is 0.0576. The van der Waals surface area contributed by atoms with Crippen molar-refractivity contribution in [2.75, 3.05) is 7.11 Å². The van der Waals surface area contributed by atoms with E-state index in [2.05, 4.69) is 9.46 Å². The molecular formula is C6H14N4O4S. The van der Waals surface area contributed by atoms with Crippen molar-refractivity contribution >= 4 is 22.1 Å². The summed E-state index contributed by atoms with van der Waals surface area (Å²) < 4.78 is 30.1. The molecule has 0 radical (unpaired) electrons. The van der Waals surface area contributed by atoms with Crippen LogP contribution in [0.3, 0.4) is 0 Å². The maximum Gasteiger partial charge on any atom is 0.421 e. The largest absolute Gasteiger partial charge is 0.452 e. The molecule has 0 saturated heterocycles. The molecule has 0 aliphatic rings. The number of nitrogens with one attached hydrogen (secondary N) is 3. The van der Waals surface area contributed by atoms with Crippen molar-refractivity contribution in [2.45, 2.75) is 19.4 Å². The fourth-order valence-electron chi connectivity index (χ4n) is 0.817. The molecule has 8 nitrogen and oxygen atoms in total. The first kappa shape index (κ1) is 13.7. The molecule has 0 fully saturated rings. The van der Waals surface area contributed by atoms with Crippen molar-refractivity contribution in [1.29, 1.82) is 5.41 Å². The zero-order valence-electron chi connectivity index (χ0n) is 8.40. The van der Waals surface area contributed by atoms with Crippen LogP contribution in [-0.2, 0) is 14.9 Å². The van der Waals surface area contributed by atoms with Crippen LogP contribution < -0.4 is 15.2 Å². The highest BCUT2D eigenvalue weighted by Crippen LogP contribution is 1.92. The molecule has 0 saturated carbocycles. The average Bonchev–Trinajstić information content (AvgIpc) is 1.99. The number of amides is 1. The van der Waals surface area contributed by atoms with Crippen LogP contribution in [0.15, 0.2) is 0 Å². The summed E-state index contributed by atoms with van der Waals surface area (Å²) >= 11 is 0. The van der Waals surface area contributed by atoms with Gasteiger partial charge in [-0.05, 0) is 6.92 Å². The number of ether oxygens (including phenoxy) is 1. The Kier molecular flexibility index (Phi) is 5.02. The summed E-state index contributed by atoms with van der Waals surface area (Å²) in [5.74, 6) is -0.150. The van der Waals surface area contributed by atoms with Crippen LogP contribution in [0.4, 0.5) is 4.79 Å². The van der Waals surface area contributed by atoms with Crippen LogP contribution in [0.25, 0.3) is 0 Å². The van der Waals surface area contributed by atoms with E-state index in [-0.39, 0.29) is 12.3 Å². The molecule has 0 spiro atoms. The number of methoxy groups -OCH3 is 1. The normalized spacial score (nSPS) is 12.9. The van der Waals surface area contributed by atoms with Gasteiger partial charge in [-0.25, -0.2) is 9.52 Å². The van der Waals surface area contributed by atoms with Gasteiger partial charge in [0, 0.05) is 12.5 Å². The molecule has 0 aliphatic carbocycles. The Morgan fingerprint density at radius 1 is 1.60 bits per heavy atom. The Bertz CT molecular complexity index is 339. The summed E-state index contributed by atoms with van der Waals surface area (Å²) in [4.78, 5) is 10.6. The van der Waals surface area contributed by atoms with Gasteiger partial charge < -0.3 is 10.5 Å². The zero-order chi connectivity index (χ0) is 12.1. The van der Waals surface area contributed by atoms with Gasteiger partial charge in [0.05, 0.1) is 12.9 Å². The molecule has 0 aromatic carbocycles. The van der Waals surface area contributed by atoms with Crippen LogP contribution in [0.5, 0.6) is 0 Å². The lowest BCUT2D eigenvalue weighted by Crippen LogP contribution is -2.45. The van der Waals surface area contributed by atoms with Gasteiger partial charge in [0.2, 0.25) is 0 Å². The van der Waals surface area contributed by atoms with Crippen molar-refractivity contribution in [3.8, 4) is 0 Å². The predicted molar refractivity (Wildman–Crippen MR) is 53.6 cm³/mol. The third-order valence-electron chi connectivity index (χ3n) is 1.29. The van der Waals surface area contributed by atoms with E-state index in [4.69, 9.17) is 11.1 Å². The monoisotopic (exact) mass is 238 g/mol. The standard InChI is InChI=1S/C6H14N4O4S/c1-4(3-5(7)8)9-15(12,13)10-6(11)14-2/h4,9H,3H2,1-2H3,(H3,7,8)(H,10,11). The molecule has 0 bridgehead atoms. The van der Waals surface area contributed by atoms with Crippen molar-refractivity contribution in [3.05, 3.63) is 0 Å². The van der Waals surface area contributed by atoms with E-state index >= 15 is 0 Å². The van der Waals surface area contributed by atoms with E-state index in [0.717, 1.165) is 7.11 Å². The Balaban J connectivity index is 4.26. The smallest absolute Gasteiger partial charge is 0.421 e. The number of carbonyl (C=O) groups is 1. The highest BCUT2D eigenvalue weighted by Gasteiger charge is 2.17. The first-order chi connectivity index (χ1) is 6.76. The predicted octanol–water partition coefficient (Wildman–Crippen LogP) is -1.11. The highest BCUT2D eigenvalue weighted by molar-refractivity contribution is 7.88. The Hall–Kier alpha value is -1.35. The summed E-state index contributed by atoms with van der Waals surface area (Å²) in [5, 5.41) is 6.94. The highest BCUT2D eigenvalue weighted by atomic mass is 32.2. The van der Waals surface area contributed by atoms with Gasteiger partial charge in [-0.1, -0.05) is 0 Å². The van der Waals surface area contributed by atoms with Gasteiger partial charge in [0.25, 0.3) is 0 Å². The van der Waals surface area contributed by atoms with E-state index in [0.29, 0.717) is 0 Å². The fourth-order valence-corrected chi connectivity index (χ4v) is 1.79. The molecule has 0 heterocycles. The van der Waals surface area contributed by atoms with Gasteiger partial charge >= 0.3 is 16.3 Å². The number of hydrogen-bond acceptors (Lipinski definition) is 5. The average molecular weight is 238 g/mol. The van der Waals surface area contributed by atoms with E-state index in [1.807, 2.05) is 0 Å². The maximum atomic E-state index is 11.2. The maximum absolute atomic E-state index is 11.2. The molecule has 5 N–H and O–H groups in total. The summed E-state index contributed by atoms with van der Waals surface area (Å²) in [7, 11) is -2.92. The first-order valence-corrected chi connectivity index (χ1v) is 5.46. The molecule has 0 rings (SSSR count). The number of nitrogens with two attached hydrogens (primary N) is 1. The zero-order valence-corrected chi connectivity index (χ0v) is 9.22. The summed E-state index contributed by atoms with van der Waals surface area (Å²) in [6, 6.07) is -0.579. The van der Waals surface area contributed by atoms with Gasteiger partial charge in [0.15, 0.2) is 0 Å². The lowest BCUT2D eigenvalue weighted by Gasteiger charge is -2.13. The van der Waals surface area contributed by atoms with E-state index in [1.165, 1.54) is 6.92 Å². The molecular weight excluding hydrogens is 224 g/mol. The molecule has 0 aliphatic heterocycles. The fraction of sp³-hybridized carbons (Fsp3) is 0.667. The molecule has 0 aromatic heterocycles. The summed E-state index contributed by atoms with van der Waals surface area (Å²) in [5.41, 5.74) is 5.08. The number of carbonyl (C=O) groups excluding carboxylic acids is 1. The molecule has 1 atom stereocenters. The summed E-state index contributed by atoms with van der Waals surface area (Å²) in [6.45, 7) is 1.51. The van der Waals surface area contributed by atoms with Crippen molar-refractivity contribution in [3.63, 3.8) is 0 Å². The third kappa shape index (κ3) is 6.69. The number of hydrogen-bond donors (Lipinski definition) is 4. The van der Waals surface area contributed by atoms with Gasteiger partial charge in [-0.2, -0.15) is 13.1 Å². The summed E-state index contributed by atoms with van der Waals surface area (Å²) in [6.07, 6.45) is -1.03. The van der Waals surface area contributed by atoms with E-state index in [9.17, 15) is 13.2 Å². The van der Waals surface area contributed by atoms with Gasteiger partial charge in [-0.15, -0.1) is 0 Å². The lowest BCUT2D eigenvalue weighted by molar-refractivity contribution is 0.177. The second-order valence-electron chi connectivity index (χ2n) is 2.85. The molecule has 1 amide bonds. The van der Waals surface area contributed by atoms with Crippen LogP contribution in [-0.4, -0.2) is 33.5 Å². The van der Waals surface area contributed by atoms with Crippen LogP contribution in [0, 0.1) is 5.41 Å². The lowest BCUT2D eigenvalue weighted by atomic mass is 10.2. The minimum Gasteiger partial charge on any atom is -0.452 e. The SMILES string of the molecule is COC(=O)NS(=O)(=O)NC(C)CC(=N)N. The molecule has 88 valence electrons. The Labute approximate surface area is 87.9 Å². The molecule has 1 unspecified atom stereocenters.